The SMILES string of the molecule is CCCc1ccc(C(=O)N2c3ccccc3[C@@H](N(C(=O)c3sc4cc([N+](=O)[O-])ccc4c3Cl)c3ccccc3)C[C@H]2C)cc1. The van der Waals surface area contributed by atoms with E-state index < -0.39 is 11.0 Å². The molecule has 0 spiro atoms. The van der Waals surface area contributed by atoms with Gasteiger partial charge in [0, 0.05) is 45.2 Å². The molecular weight excluding hydrogens is 594 g/mol. The van der Waals surface area contributed by atoms with Gasteiger partial charge in [-0.1, -0.05) is 73.5 Å². The highest BCUT2D eigenvalue weighted by atomic mass is 35.5. The second-order valence-corrected chi connectivity index (χ2v) is 12.4. The zero-order valence-electron chi connectivity index (χ0n) is 24.3. The first kappa shape index (κ1) is 29.5. The lowest BCUT2D eigenvalue weighted by Gasteiger charge is -2.43. The van der Waals surface area contributed by atoms with Gasteiger partial charge in [0.1, 0.15) is 4.88 Å². The van der Waals surface area contributed by atoms with E-state index >= 15 is 0 Å². The number of aryl methyl sites for hydroxylation is 1. The maximum absolute atomic E-state index is 14.5. The number of nitro groups is 1. The Kier molecular flexibility index (Phi) is 8.21. The fourth-order valence-corrected chi connectivity index (χ4v) is 7.50. The first-order chi connectivity index (χ1) is 21.3. The minimum atomic E-state index is -0.461. The number of nitrogens with zero attached hydrogens (tertiary/aromatic N) is 3. The van der Waals surface area contributed by atoms with Crippen molar-refractivity contribution in [2.45, 2.75) is 45.2 Å². The number of anilines is 2. The molecule has 0 saturated carbocycles. The Balaban J connectivity index is 1.43. The van der Waals surface area contributed by atoms with Gasteiger partial charge in [-0.2, -0.15) is 0 Å². The third-order valence-corrected chi connectivity index (χ3v) is 9.75. The highest BCUT2D eigenvalue weighted by molar-refractivity contribution is 7.21. The Morgan fingerprint density at radius 2 is 1.70 bits per heavy atom. The van der Waals surface area contributed by atoms with Crippen LogP contribution in [0.15, 0.2) is 97.1 Å². The summed E-state index contributed by atoms with van der Waals surface area (Å²) in [4.78, 5) is 43.3. The van der Waals surface area contributed by atoms with Crippen molar-refractivity contribution in [3.05, 3.63) is 134 Å². The van der Waals surface area contributed by atoms with Gasteiger partial charge in [-0.25, -0.2) is 0 Å². The number of non-ortho nitro benzene ring substituents is 1. The molecule has 9 heteroatoms. The van der Waals surface area contributed by atoms with Gasteiger partial charge in [0.15, 0.2) is 0 Å². The van der Waals surface area contributed by atoms with Crippen LogP contribution in [0.1, 0.15) is 63.9 Å². The fraction of sp³-hybridized carbons (Fsp3) is 0.200. The number of para-hydroxylation sites is 2. The summed E-state index contributed by atoms with van der Waals surface area (Å²) in [6.07, 6.45) is 2.49. The second kappa shape index (κ2) is 12.2. The monoisotopic (exact) mass is 623 g/mol. The molecule has 1 aliphatic rings. The van der Waals surface area contributed by atoms with Crippen LogP contribution in [0.3, 0.4) is 0 Å². The highest BCUT2D eigenvalue weighted by Crippen LogP contribution is 2.45. The molecule has 2 amide bonds. The molecule has 7 nitrogen and oxygen atoms in total. The number of carbonyl (C=O) groups is 2. The van der Waals surface area contributed by atoms with E-state index in [-0.39, 0.29) is 28.6 Å². The van der Waals surface area contributed by atoms with Crippen molar-refractivity contribution in [1.82, 2.24) is 0 Å². The number of hydrogen-bond donors (Lipinski definition) is 0. The summed E-state index contributed by atoms with van der Waals surface area (Å²) in [5, 5.41) is 12.3. The molecule has 44 heavy (non-hydrogen) atoms. The largest absolute Gasteiger partial charge is 0.305 e. The van der Waals surface area contributed by atoms with Gasteiger partial charge < -0.3 is 4.90 Å². The molecule has 0 aliphatic carbocycles. The van der Waals surface area contributed by atoms with Crippen molar-refractivity contribution in [2.75, 3.05) is 9.80 Å². The van der Waals surface area contributed by atoms with Crippen LogP contribution in [-0.2, 0) is 6.42 Å². The van der Waals surface area contributed by atoms with Crippen molar-refractivity contribution in [1.29, 1.82) is 0 Å². The van der Waals surface area contributed by atoms with E-state index in [1.807, 2.05) is 90.7 Å². The Hall–Kier alpha value is -4.53. The molecule has 0 saturated heterocycles. The molecule has 1 aromatic heterocycles. The average molecular weight is 624 g/mol. The van der Waals surface area contributed by atoms with Gasteiger partial charge in [-0.15, -0.1) is 11.3 Å². The molecule has 0 fully saturated rings. The first-order valence-corrected chi connectivity index (χ1v) is 15.7. The van der Waals surface area contributed by atoms with Crippen LogP contribution in [0, 0.1) is 10.1 Å². The molecule has 0 unspecified atom stereocenters. The van der Waals surface area contributed by atoms with E-state index in [0.29, 0.717) is 32.6 Å². The van der Waals surface area contributed by atoms with E-state index in [9.17, 15) is 19.7 Å². The lowest BCUT2D eigenvalue weighted by molar-refractivity contribution is -0.384. The van der Waals surface area contributed by atoms with Crippen LogP contribution in [-0.4, -0.2) is 22.8 Å². The smallest absolute Gasteiger partial charge is 0.270 e. The molecule has 0 bridgehead atoms. The third kappa shape index (κ3) is 5.36. The molecule has 222 valence electrons. The van der Waals surface area contributed by atoms with Crippen LogP contribution in [0.5, 0.6) is 0 Å². The molecule has 4 aromatic carbocycles. The minimum absolute atomic E-state index is 0.0610. The van der Waals surface area contributed by atoms with Gasteiger partial charge in [0.2, 0.25) is 0 Å². The Bertz CT molecular complexity index is 1870. The highest BCUT2D eigenvalue weighted by Gasteiger charge is 2.40. The van der Waals surface area contributed by atoms with Crippen molar-refractivity contribution >= 4 is 61.9 Å². The number of rotatable bonds is 7. The number of hydrogen-bond acceptors (Lipinski definition) is 5. The quantitative estimate of drug-likeness (QED) is 0.134. The van der Waals surface area contributed by atoms with Crippen molar-refractivity contribution in [3.8, 4) is 0 Å². The van der Waals surface area contributed by atoms with E-state index in [0.717, 1.165) is 35.4 Å². The Morgan fingerprint density at radius 1 is 1.00 bits per heavy atom. The Morgan fingerprint density at radius 3 is 2.41 bits per heavy atom. The van der Waals surface area contributed by atoms with Crippen LogP contribution >= 0.6 is 22.9 Å². The van der Waals surface area contributed by atoms with Crippen molar-refractivity contribution in [3.63, 3.8) is 0 Å². The third-order valence-electron chi connectivity index (χ3n) is 8.10. The van der Waals surface area contributed by atoms with E-state index in [1.165, 1.54) is 17.7 Å². The number of halogens is 1. The van der Waals surface area contributed by atoms with Crippen molar-refractivity contribution in [2.24, 2.45) is 0 Å². The number of thiophene rings is 1. The van der Waals surface area contributed by atoms with Crippen molar-refractivity contribution < 1.29 is 14.5 Å². The maximum Gasteiger partial charge on any atom is 0.270 e. The standard InChI is InChI=1S/C35H30ClN3O4S/c1-3-9-23-14-16-24(17-15-23)34(40)37-22(2)20-30(27-12-7-8-13-29(27)37)38(25-10-5-4-6-11-25)35(41)33-32(36)28-19-18-26(39(42)43)21-31(28)44-33/h4-8,10-19,21-22,30H,3,9,20H2,1-2H3/t22-,30+/m1/s1. The number of amides is 2. The van der Waals surface area contributed by atoms with Gasteiger partial charge in [-0.05, 0) is 67.3 Å². The fourth-order valence-electron chi connectivity index (χ4n) is 6.02. The van der Waals surface area contributed by atoms with Crippen LogP contribution in [0.2, 0.25) is 5.02 Å². The number of carbonyl (C=O) groups excluding carboxylic acids is 2. The number of benzene rings is 4. The van der Waals surface area contributed by atoms with E-state index in [4.69, 9.17) is 11.6 Å². The summed E-state index contributed by atoms with van der Waals surface area (Å²) >= 11 is 7.93. The minimum Gasteiger partial charge on any atom is -0.305 e. The summed E-state index contributed by atoms with van der Waals surface area (Å²) in [6, 6.07) is 28.7. The predicted octanol–water partition coefficient (Wildman–Crippen LogP) is 9.24. The summed E-state index contributed by atoms with van der Waals surface area (Å²) in [5.74, 6) is -0.387. The molecule has 2 atom stereocenters. The van der Waals surface area contributed by atoms with Crippen LogP contribution in [0.25, 0.3) is 10.1 Å². The predicted molar refractivity (Wildman–Crippen MR) is 177 cm³/mol. The lowest BCUT2D eigenvalue weighted by Crippen LogP contribution is -2.47. The van der Waals surface area contributed by atoms with Gasteiger partial charge in [0.25, 0.3) is 17.5 Å². The summed E-state index contributed by atoms with van der Waals surface area (Å²) in [5.41, 5.74) is 4.05. The summed E-state index contributed by atoms with van der Waals surface area (Å²) in [6.45, 7) is 4.14. The summed E-state index contributed by atoms with van der Waals surface area (Å²) in [7, 11) is 0. The van der Waals surface area contributed by atoms with Crippen LogP contribution in [0.4, 0.5) is 17.1 Å². The van der Waals surface area contributed by atoms with Gasteiger partial charge in [-0.3, -0.25) is 24.6 Å². The second-order valence-electron chi connectivity index (χ2n) is 11.0. The average Bonchev–Trinajstić information content (AvgIpc) is 3.37. The number of nitro benzene ring substituents is 1. The summed E-state index contributed by atoms with van der Waals surface area (Å²) < 4.78 is 0.569. The molecule has 0 radical (unpaired) electrons. The first-order valence-electron chi connectivity index (χ1n) is 14.5. The topological polar surface area (TPSA) is 83.8 Å². The molecular formula is C35H30ClN3O4S. The number of fused-ring (bicyclic) bond motifs is 2. The zero-order valence-corrected chi connectivity index (χ0v) is 25.8. The van der Waals surface area contributed by atoms with Crippen LogP contribution < -0.4 is 9.80 Å². The molecule has 1 aliphatic heterocycles. The molecule has 6 rings (SSSR count). The van der Waals surface area contributed by atoms with E-state index in [2.05, 4.69) is 6.92 Å². The molecule has 5 aromatic rings. The zero-order chi connectivity index (χ0) is 31.0. The molecule has 0 N–H and O–H groups in total. The van der Waals surface area contributed by atoms with E-state index in [1.54, 1.807) is 11.0 Å². The maximum atomic E-state index is 14.5. The molecule has 2 heterocycles. The Labute approximate surface area is 264 Å². The van der Waals surface area contributed by atoms with Gasteiger partial charge >= 0.3 is 0 Å². The normalized spacial score (nSPS) is 16.0. The van der Waals surface area contributed by atoms with Gasteiger partial charge in [0.05, 0.1) is 16.0 Å². The lowest BCUT2D eigenvalue weighted by atomic mass is 9.89.